The van der Waals surface area contributed by atoms with Crippen LogP contribution in [0.5, 0.6) is 5.75 Å². The van der Waals surface area contributed by atoms with Crippen LogP contribution < -0.4 is 4.18 Å². The van der Waals surface area contributed by atoms with Gasteiger partial charge in [0.25, 0.3) is 0 Å². The maximum Gasteiger partial charge on any atom is 0.534 e. The zero-order valence-electron chi connectivity index (χ0n) is 11.8. The number of rotatable bonds is 3. The first-order valence-electron chi connectivity index (χ1n) is 6.29. The Kier molecular flexibility index (Phi) is 3.55. The summed E-state index contributed by atoms with van der Waals surface area (Å²) in [4.78, 5) is 0. The Morgan fingerprint density at radius 3 is 2.58 bits per heavy atom. The fourth-order valence-electron chi connectivity index (χ4n) is 2.04. The molecule has 11 heteroatoms. The van der Waals surface area contributed by atoms with E-state index in [0.717, 1.165) is 6.07 Å². The van der Waals surface area contributed by atoms with E-state index in [1.165, 1.54) is 23.1 Å². The van der Waals surface area contributed by atoms with Crippen LogP contribution in [0.2, 0.25) is 0 Å². The molecule has 0 spiro atoms. The van der Waals surface area contributed by atoms with Crippen LogP contribution in [0.3, 0.4) is 0 Å². The predicted molar refractivity (Wildman–Crippen MR) is 74.0 cm³/mol. The van der Waals surface area contributed by atoms with E-state index in [0.29, 0.717) is 11.8 Å². The second kappa shape index (κ2) is 5.23. The number of fused-ring (bicyclic) bond motifs is 1. The van der Waals surface area contributed by atoms with Crippen LogP contribution in [0.25, 0.3) is 22.1 Å². The molecule has 0 saturated heterocycles. The van der Waals surface area contributed by atoms with Crippen molar-refractivity contribution in [3.05, 3.63) is 36.6 Å². The minimum atomic E-state index is -5.88. The molecular formula is C13H8F4N2O4S. The van der Waals surface area contributed by atoms with Crippen molar-refractivity contribution in [1.82, 2.24) is 9.78 Å². The Morgan fingerprint density at radius 2 is 2.00 bits per heavy atom. The lowest BCUT2D eigenvalue weighted by atomic mass is 10.1. The highest BCUT2D eigenvalue weighted by Crippen LogP contribution is 2.36. The van der Waals surface area contributed by atoms with Crippen molar-refractivity contribution < 1.29 is 34.6 Å². The van der Waals surface area contributed by atoms with E-state index in [2.05, 4.69) is 9.28 Å². The Hall–Kier alpha value is -2.56. The highest BCUT2D eigenvalue weighted by Gasteiger charge is 2.49. The third-order valence-corrected chi connectivity index (χ3v) is 4.09. The van der Waals surface area contributed by atoms with Gasteiger partial charge in [0.05, 0.1) is 11.6 Å². The van der Waals surface area contributed by atoms with Gasteiger partial charge >= 0.3 is 15.6 Å². The summed E-state index contributed by atoms with van der Waals surface area (Å²) in [6, 6.07) is 2.05. The van der Waals surface area contributed by atoms with Gasteiger partial charge in [0, 0.05) is 24.4 Å². The number of benzene rings is 1. The van der Waals surface area contributed by atoms with E-state index in [1.54, 1.807) is 7.05 Å². The van der Waals surface area contributed by atoms with Crippen molar-refractivity contribution >= 4 is 21.1 Å². The van der Waals surface area contributed by atoms with Crippen molar-refractivity contribution in [2.75, 3.05) is 0 Å². The fourth-order valence-corrected chi connectivity index (χ4v) is 2.50. The summed E-state index contributed by atoms with van der Waals surface area (Å²) in [6.45, 7) is 0. The molecule has 0 amide bonds. The van der Waals surface area contributed by atoms with Crippen molar-refractivity contribution in [2.45, 2.75) is 5.51 Å². The second-order valence-electron chi connectivity index (χ2n) is 4.81. The highest BCUT2D eigenvalue weighted by molar-refractivity contribution is 7.88. The van der Waals surface area contributed by atoms with E-state index < -0.39 is 27.2 Å². The summed E-state index contributed by atoms with van der Waals surface area (Å²) in [7, 11) is -4.25. The molecule has 0 unspecified atom stereocenters. The number of aromatic nitrogens is 2. The molecule has 2 aromatic heterocycles. The third kappa shape index (κ3) is 2.70. The van der Waals surface area contributed by atoms with Crippen LogP contribution in [-0.2, 0) is 17.2 Å². The molecule has 0 fully saturated rings. The van der Waals surface area contributed by atoms with Gasteiger partial charge < -0.3 is 8.60 Å². The summed E-state index contributed by atoms with van der Waals surface area (Å²) in [5, 5.41) is 3.64. The maximum atomic E-state index is 14.2. The summed E-state index contributed by atoms with van der Waals surface area (Å²) < 4.78 is 83.8. The molecule has 0 saturated carbocycles. The van der Waals surface area contributed by atoms with E-state index >= 15 is 0 Å². The highest BCUT2D eigenvalue weighted by atomic mass is 32.2. The van der Waals surface area contributed by atoms with E-state index in [4.69, 9.17) is 4.42 Å². The summed E-state index contributed by atoms with van der Waals surface area (Å²) >= 11 is 0. The smallest absolute Gasteiger partial charge is 0.460 e. The van der Waals surface area contributed by atoms with Crippen molar-refractivity contribution in [1.29, 1.82) is 0 Å². The second-order valence-corrected chi connectivity index (χ2v) is 6.35. The van der Waals surface area contributed by atoms with E-state index in [1.807, 2.05) is 0 Å². The molecule has 6 nitrogen and oxygen atoms in total. The number of hydrogen-bond acceptors (Lipinski definition) is 5. The summed E-state index contributed by atoms with van der Waals surface area (Å²) in [5.74, 6) is -1.55. The quantitative estimate of drug-likeness (QED) is 0.405. The Labute approximate surface area is 132 Å². The van der Waals surface area contributed by atoms with Crippen LogP contribution in [0.4, 0.5) is 17.6 Å². The van der Waals surface area contributed by atoms with Gasteiger partial charge in [0.15, 0.2) is 5.75 Å². The molecule has 0 aliphatic heterocycles. The first-order chi connectivity index (χ1) is 11.1. The average Bonchev–Trinajstić information content (AvgIpc) is 3.04. The van der Waals surface area contributed by atoms with Gasteiger partial charge in [-0.15, -0.1) is 0 Å². The van der Waals surface area contributed by atoms with E-state index in [-0.39, 0.29) is 16.5 Å². The van der Waals surface area contributed by atoms with Crippen LogP contribution in [0, 0.1) is 5.82 Å². The lowest BCUT2D eigenvalue weighted by Gasteiger charge is -2.08. The van der Waals surface area contributed by atoms with Gasteiger partial charge in [-0.2, -0.15) is 26.7 Å². The Bertz CT molecular complexity index is 1020. The molecule has 0 bridgehead atoms. The molecule has 0 radical (unpaired) electrons. The van der Waals surface area contributed by atoms with Crippen LogP contribution >= 0.6 is 0 Å². The molecule has 3 rings (SSSR count). The molecule has 2 heterocycles. The standard InChI is InChI=1S/C13H8F4N2O4S/c1-19-5-7(4-18-19)8-3-11-9(2-10(8)14)12(6-22-11)23-24(20,21)13(15,16)17/h2-6H,1H3. The predicted octanol–water partition coefficient (Wildman–Crippen LogP) is 3.20. The van der Waals surface area contributed by atoms with Gasteiger partial charge in [-0.25, -0.2) is 4.39 Å². The van der Waals surface area contributed by atoms with Crippen molar-refractivity contribution in [2.24, 2.45) is 7.05 Å². The number of alkyl halides is 3. The molecule has 0 aliphatic rings. The zero-order valence-corrected chi connectivity index (χ0v) is 12.7. The van der Waals surface area contributed by atoms with Gasteiger partial charge in [-0.3, -0.25) is 4.68 Å². The van der Waals surface area contributed by atoms with Crippen LogP contribution in [0.1, 0.15) is 0 Å². The van der Waals surface area contributed by atoms with Gasteiger partial charge in [0.1, 0.15) is 17.7 Å². The minimum absolute atomic E-state index is 0.0392. The molecule has 24 heavy (non-hydrogen) atoms. The Morgan fingerprint density at radius 1 is 1.29 bits per heavy atom. The lowest BCUT2D eigenvalue weighted by molar-refractivity contribution is -0.0499. The SMILES string of the molecule is Cn1cc(-c2cc3occ(OS(=O)(=O)C(F)(F)F)c3cc2F)cn1. The number of aryl methyl sites for hydroxylation is 1. The zero-order chi connectivity index (χ0) is 17.7. The molecular weight excluding hydrogens is 356 g/mol. The molecule has 0 N–H and O–H groups in total. The maximum absolute atomic E-state index is 14.2. The summed E-state index contributed by atoms with van der Waals surface area (Å²) in [5.41, 5.74) is -5.14. The molecule has 3 aromatic rings. The topological polar surface area (TPSA) is 74.3 Å². The lowest BCUT2D eigenvalue weighted by Crippen LogP contribution is -2.27. The largest absolute Gasteiger partial charge is 0.534 e. The van der Waals surface area contributed by atoms with Crippen molar-refractivity contribution in [3.8, 4) is 16.9 Å². The monoisotopic (exact) mass is 364 g/mol. The number of furan rings is 1. The van der Waals surface area contributed by atoms with Crippen LogP contribution in [0.15, 0.2) is 35.2 Å². The van der Waals surface area contributed by atoms with Gasteiger partial charge in [0.2, 0.25) is 0 Å². The first kappa shape index (κ1) is 16.3. The third-order valence-electron chi connectivity index (χ3n) is 3.13. The molecule has 128 valence electrons. The van der Waals surface area contributed by atoms with Gasteiger partial charge in [-0.1, -0.05) is 0 Å². The van der Waals surface area contributed by atoms with Crippen LogP contribution in [-0.4, -0.2) is 23.7 Å². The number of hydrogen-bond donors (Lipinski definition) is 0. The minimum Gasteiger partial charge on any atom is -0.460 e. The average molecular weight is 364 g/mol. The molecule has 0 aliphatic carbocycles. The first-order valence-corrected chi connectivity index (χ1v) is 7.70. The molecule has 0 atom stereocenters. The fraction of sp³-hybridized carbons (Fsp3) is 0.154. The summed E-state index contributed by atoms with van der Waals surface area (Å²) in [6.07, 6.45) is 3.58. The Balaban J connectivity index is 2.07. The number of nitrogens with zero attached hydrogens (tertiary/aromatic N) is 2. The van der Waals surface area contributed by atoms with Crippen molar-refractivity contribution in [3.63, 3.8) is 0 Å². The van der Waals surface area contributed by atoms with E-state index in [9.17, 15) is 26.0 Å². The molecule has 1 aromatic carbocycles. The van der Waals surface area contributed by atoms with Gasteiger partial charge in [-0.05, 0) is 12.1 Å². The number of halogens is 4. The normalized spacial score (nSPS) is 12.7.